The monoisotopic (exact) mass is 391 g/mol. The number of amides is 1. The number of ether oxygens (including phenoxy) is 1. The van der Waals surface area contributed by atoms with Crippen molar-refractivity contribution in [1.29, 1.82) is 0 Å². The largest absolute Gasteiger partial charge is 0.491 e. The van der Waals surface area contributed by atoms with E-state index < -0.39 is 5.60 Å². The highest BCUT2D eigenvalue weighted by Crippen LogP contribution is 2.25. The molecule has 1 fully saturated rings. The van der Waals surface area contributed by atoms with Crippen LogP contribution >= 0.6 is 11.6 Å². The summed E-state index contributed by atoms with van der Waals surface area (Å²) in [7, 11) is 0. The third kappa shape index (κ3) is 5.68. The lowest BCUT2D eigenvalue weighted by Gasteiger charge is -2.27. The zero-order valence-electron chi connectivity index (χ0n) is 15.0. The number of nitrogens with zero attached hydrogens (tertiary/aromatic N) is 1. The van der Waals surface area contributed by atoms with Gasteiger partial charge in [0, 0.05) is 18.1 Å². The molecule has 1 heterocycles. The fourth-order valence-electron chi connectivity index (χ4n) is 3.24. The summed E-state index contributed by atoms with van der Waals surface area (Å²) in [6.45, 7) is 1.22. The summed E-state index contributed by atoms with van der Waals surface area (Å²) in [6.07, 6.45) is 1.94. The van der Waals surface area contributed by atoms with E-state index in [2.05, 4.69) is 0 Å². The molecule has 1 amide bonds. The summed E-state index contributed by atoms with van der Waals surface area (Å²) < 4.78 is 18.7. The Kier molecular flexibility index (Phi) is 6.34. The van der Waals surface area contributed by atoms with Gasteiger partial charge in [0.1, 0.15) is 23.8 Å². The quantitative estimate of drug-likeness (QED) is 0.842. The summed E-state index contributed by atoms with van der Waals surface area (Å²) in [5.74, 6) is 0.289. The van der Waals surface area contributed by atoms with Gasteiger partial charge in [-0.05, 0) is 55.2 Å². The highest BCUT2D eigenvalue weighted by molar-refractivity contribution is 6.30. The molecule has 4 nitrogen and oxygen atoms in total. The molecule has 1 atom stereocenters. The molecule has 27 heavy (non-hydrogen) atoms. The van der Waals surface area contributed by atoms with Crippen LogP contribution in [0, 0.1) is 5.82 Å². The molecule has 1 N–H and O–H groups in total. The SMILES string of the molecule is O=C(Cc1ccc(F)cc1)N1CCCC(O)(COc2cccc(Cl)c2)CC1. The van der Waals surface area contributed by atoms with Gasteiger partial charge in [-0.3, -0.25) is 4.79 Å². The molecule has 0 saturated carbocycles. The minimum Gasteiger partial charge on any atom is -0.491 e. The zero-order valence-corrected chi connectivity index (χ0v) is 15.8. The van der Waals surface area contributed by atoms with Gasteiger partial charge in [0.05, 0.1) is 6.42 Å². The maximum absolute atomic E-state index is 13.0. The molecule has 1 aliphatic heterocycles. The standard InChI is InChI=1S/C21H23ClFNO3/c22-17-3-1-4-19(14-17)27-15-21(26)9-2-11-24(12-10-21)20(25)13-16-5-7-18(23)8-6-16/h1,3-8,14,26H,2,9-13,15H2. The predicted molar refractivity (Wildman–Crippen MR) is 102 cm³/mol. The first-order chi connectivity index (χ1) is 12.9. The molecule has 144 valence electrons. The van der Waals surface area contributed by atoms with Gasteiger partial charge < -0.3 is 14.7 Å². The summed E-state index contributed by atoms with van der Waals surface area (Å²) >= 11 is 5.95. The van der Waals surface area contributed by atoms with Crippen molar-refractivity contribution in [3.63, 3.8) is 0 Å². The molecule has 0 spiro atoms. The number of aliphatic hydroxyl groups is 1. The first-order valence-corrected chi connectivity index (χ1v) is 9.44. The lowest BCUT2D eigenvalue weighted by molar-refractivity contribution is -0.130. The van der Waals surface area contributed by atoms with Crippen LogP contribution in [0.4, 0.5) is 4.39 Å². The van der Waals surface area contributed by atoms with Crippen LogP contribution in [0.15, 0.2) is 48.5 Å². The fraction of sp³-hybridized carbons (Fsp3) is 0.381. The van der Waals surface area contributed by atoms with E-state index >= 15 is 0 Å². The molecule has 3 rings (SSSR count). The van der Waals surface area contributed by atoms with Gasteiger partial charge in [-0.2, -0.15) is 0 Å². The number of benzene rings is 2. The Balaban J connectivity index is 1.54. The number of hydrogen-bond donors (Lipinski definition) is 1. The third-order valence-electron chi connectivity index (χ3n) is 4.84. The Hall–Kier alpha value is -2.11. The Bertz CT molecular complexity index is 783. The van der Waals surface area contributed by atoms with Crippen LogP contribution in [-0.4, -0.2) is 41.2 Å². The lowest BCUT2D eigenvalue weighted by atomic mass is 9.96. The molecular formula is C21H23ClFNO3. The van der Waals surface area contributed by atoms with Crippen molar-refractivity contribution in [3.8, 4) is 5.75 Å². The Labute approximate surface area is 163 Å². The first-order valence-electron chi connectivity index (χ1n) is 9.07. The average molecular weight is 392 g/mol. The number of carbonyl (C=O) groups is 1. The minimum absolute atomic E-state index is 0.0124. The molecule has 0 aromatic heterocycles. The Morgan fingerprint density at radius 3 is 2.70 bits per heavy atom. The van der Waals surface area contributed by atoms with E-state index in [1.54, 1.807) is 41.3 Å². The molecule has 0 aliphatic carbocycles. The highest BCUT2D eigenvalue weighted by atomic mass is 35.5. The van der Waals surface area contributed by atoms with Crippen molar-refractivity contribution in [2.45, 2.75) is 31.3 Å². The molecule has 2 aromatic carbocycles. The second kappa shape index (κ2) is 8.72. The third-order valence-corrected chi connectivity index (χ3v) is 5.08. The summed E-state index contributed by atoms with van der Waals surface area (Å²) in [5, 5.41) is 11.4. The van der Waals surface area contributed by atoms with E-state index in [4.69, 9.17) is 16.3 Å². The lowest BCUT2D eigenvalue weighted by Crippen LogP contribution is -2.38. The fourth-order valence-corrected chi connectivity index (χ4v) is 3.42. The van der Waals surface area contributed by atoms with Gasteiger partial charge in [0.2, 0.25) is 5.91 Å². The molecule has 1 saturated heterocycles. The van der Waals surface area contributed by atoms with E-state index in [0.717, 1.165) is 5.56 Å². The molecule has 6 heteroatoms. The molecule has 2 aromatic rings. The van der Waals surface area contributed by atoms with Gasteiger partial charge in [-0.15, -0.1) is 0 Å². The van der Waals surface area contributed by atoms with Gasteiger partial charge in [-0.25, -0.2) is 4.39 Å². The first kappa shape index (κ1) is 19.6. The van der Waals surface area contributed by atoms with Crippen LogP contribution in [0.1, 0.15) is 24.8 Å². The molecule has 0 radical (unpaired) electrons. The van der Waals surface area contributed by atoms with E-state index in [1.807, 2.05) is 0 Å². The predicted octanol–water partition coefficient (Wildman–Crippen LogP) is 3.84. The normalized spacial score (nSPS) is 20.2. The van der Waals surface area contributed by atoms with E-state index in [9.17, 15) is 14.3 Å². The smallest absolute Gasteiger partial charge is 0.226 e. The molecule has 0 bridgehead atoms. The van der Waals surface area contributed by atoms with Crippen molar-refractivity contribution in [1.82, 2.24) is 4.90 Å². The van der Waals surface area contributed by atoms with E-state index in [1.165, 1.54) is 12.1 Å². The van der Waals surface area contributed by atoms with Crippen LogP contribution in [0.5, 0.6) is 5.75 Å². The van der Waals surface area contributed by atoms with E-state index in [-0.39, 0.29) is 24.8 Å². The van der Waals surface area contributed by atoms with Crippen LogP contribution in [0.25, 0.3) is 0 Å². The van der Waals surface area contributed by atoms with Gasteiger partial charge in [0.15, 0.2) is 0 Å². The van der Waals surface area contributed by atoms with Crippen molar-refractivity contribution in [2.75, 3.05) is 19.7 Å². The maximum atomic E-state index is 13.0. The second-order valence-electron chi connectivity index (χ2n) is 7.01. The van der Waals surface area contributed by atoms with E-state index in [0.29, 0.717) is 43.1 Å². The van der Waals surface area contributed by atoms with Crippen LogP contribution in [-0.2, 0) is 11.2 Å². The summed E-state index contributed by atoms with van der Waals surface area (Å²) in [4.78, 5) is 14.3. The van der Waals surface area contributed by atoms with Crippen LogP contribution in [0.2, 0.25) is 5.02 Å². The number of rotatable bonds is 5. The van der Waals surface area contributed by atoms with Gasteiger partial charge >= 0.3 is 0 Å². The molecular weight excluding hydrogens is 369 g/mol. The molecule has 1 unspecified atom stereocenters. The number of hydrogen-bond acceptors (Lipinski definition) is 3. The topological polar surface area (TPSA) is 49.8 Å². The van der Waals surface area contributed by atoms with Crippen molar-refractivity contribution < 1.29 is 19.0 Å². The Morgan fingerprint density at radius 2 is 1.96 bits per heavy atom. The van der Waals surface area contributed by atoms with Crippen LogP contribution in [0.3, 0.4) is 0 Å². The number of likely N-dealkylation sites (tertiary alicyclic amines) is 1. The summed E-state index contributed by atoms with van der Waals surface area (Å²) in [6, 6.07) is 13.0. The zero-order chi connectivity index (χ0) is 19.3. The minimum atomic E-state index is -0.979. The Morgan fingerprint density at radius 1 is 1.19 bits per heavy atom. The van der Waals surface area contributed by atoms with Gasteiger partial charge in [0.25, 0.3) is 0 Å². The number of carbonyl (C=O) groups excluding carboxylic acids is 1. The van der Waals surface area contributed by atoms with Crippen molar-refractivity contribution >= 4 is 17.5 Å². The summed E-state index contributed by atoms with van der Waals surface area (Å²) in [5.41, 5.74) is -0.196. The van der Waals surface area contributed by atoms with Crippen molar-refractivity contribution in [3.05, 3.63) is 64.9 Å². The second-order valence-corrected chi connectivity index (χ2v) is 7.44. The van der Waals surface area contributed by atoms with Crippen molar-refractivity contribution in [2.24, 2.45) is 0 Å². The highest BCUT2D eigenvalue weighted by Gasteiger charge is 2.32. The maximum Gasteiger partial charge on any atom is 0.226 e. The average Bonchev–Trinajstić information content (AvgIpc) is 2.84. The van der Waals surface area contributed by atoms with Gasteiger partial charge in [-0.1, -0.05) is 29.8 Å². The number of halogens is 2. The molecule has 1 aliphatic rings. The van der Waals surface area contributed by atoms with Crippen LogP contribution < -0.4 is 4.74 Å².